The summed E-state index contributed by atoms with van der Waals surface area (Å²) in [4.78, 5) is 26.8. The van der Waals surface area contributed by atoms with Gasteiger partial charge in [0, 0.05) is 24.6 Å². The van der Waals surface area contributed by atoms with Crippen molar-refractivity contribution in [3.63, 3.8) is 0 Å². The summed E-state index contributed by atoms with van der Waals surface area (Å²) in [5, 5.41) is 12.6. The Balaban J connectivity index is 1.65. The zero-order valence-corrected chi connectivity index (χ0v) is 17.1. The normalized spacial score (nSPS) is 18.0. The summed E-state index contributed by atoms with van der Waals surface area (Å²) < 4.78 is 0. The molecule has 0 aliphatic carbocycles. The van der Waals surface area contributed by atoms with Gasteiger partial charge in [0.2, 0.25) is 16.9 Å². The SMILES string of the molecule is CCCC(C)c1nnc(NC(=O)C2CC(=O)N(c3ccc(C)cc3C)C2)s1. The van der Waals surface area contributed by atoms with E-state index in [1.54, 1.807) is 4.90 Å². The first-order valence-electron chi connectivity index (χ1n) is 9.41. The number of benzene rings is 1. The maximum absolute atomic E-state index is 12.6. The summed E-state index contributed by atoms with van der Waals surface area (Å²) in [5.41, 5.74) is 3.08. The van der Waals surface area contributed by atoms with Gasteiger partial charge in [0.25, 0.3) is 0 Å². The van der Waals surface area contributed by atoms with Crippen LogP contribution in [-0.4, -0.2) is 28.6 Å². The first-order valence-corrected chi connectivity index (χ1v) is 10.2. The monoisotopic (exact) mass is 386 g/mol. The van der Waals surface area contributed by atoms with Crippen molar-refractivity contribution in [1.29, 1.82) is 0 Å². The molecule has 1 saturated heterocycles. The highest BCUT2D eigenvalue weighted by atomic mass is 32.1. The van der Waals surface area contributed by atoms with Crippen LogP contribution in [0.1, 0.15) is 55.2 Å². The molecule has 1 aromatic carbocycles. The minimum atomic E-state index is -0.376. The minimum Gasteiger partial charge on any atom is -0.311 e. The second kappa shape index (κ2) is 8.17. The Morgan fingerprint density at radius 3 is 2.85 bits per heavy atom. The molecule has 0 saturated carbocycles. The molecule has 7 heteroatoms. The fourth-order valence-electron chi connectivity index (χ4n) is 3.47. The Morgan fingerprint density at radius 2 is 2.15 bits per heavy atom. The van der Waals surface area contributed by atoms with E-state index in [0.29, 0.717) is 17.6 Å². The minimum absolute atomic E-state index is 0.0170. The maximum Gasteiger partial charge on any atom is 0.231 e. The highest BCUT2D eigenvalue weighted by Crippen LogP contribution is 2.30. The molecule has 2 amide bonds. The Hall–Kier alpha value is -2.28. The molecule has 1 aromatic heterocycles. The maximum atomic E-state index is 12.6. The number of carbonyl (C=O) groups is 2. The Labute approximate surface area is 164 Å². The number of hydrogen-bond donors (Lipinski definition) is 1. The Morgan fingerprint density at radius 1 is 1.37 bits per heavy atom. The van der Waals surface area contributed by atoms with Crippen LogP contribution in [0, 0.1) is 19.8 Å². The van der Waals surface area contributed by atoms with Crippen molar-refractivity contribution in [2.24, 2.45) is 5.92 Å². The lowest BCUT2D eigenvalue weighted by molar-refractivity contribution is -0.122. The van der Waals surface area contributed by atoms with E-state index >= 15 is 0 Å². The summed E-state index contributed by atoms with van der Waals surface area (Å²) in [6.07, 6.45) is 2.35. The van der Waals surface area contributed by atoms with Crippen LogP contribution in [0.5, 0.6) is 0 Å². The first-order chi connectivity index (χ1) is 12.9. The lowest BCUT2D eigenvalue weighted by Crippen LogP contribution is -2.28. The lowest BCUT2D eigenvalue weighted by atomic mass is 10.1. The zero-order valence-electron chi connectivity index (χ0n) is 16.3. The molecule has 2 unspecified atom stereocenters. The van der Waals surface area contributed by atoms with E-state index in [1.807, 2.05) is 26.0 Å². The van der Waals surface area contributed by atoms with Crippen molar-refractivity contribution in [3.8, 4) is 0 Å². The fourth-order valence-corrected chi connectivity index (χ4v) is 4.30. The van der Waals surface area contributed by atoms with Gasteiger partial charge in [-0.15, -0.1) is 10.2 Å². The average Bonchev–Trinajstić information content (AvgIpc) is 3.22. The van der Waals surface area contributed by atoms with Gasteiger partial charge in [-0.3, -0.25) is 9.59 Å². The molecule has 2 atom stereocenters. The van der Waals surface area contributed by atoms with Crippen LogP contribution in [-0.2, 0) is 9.59 Å². The molecular weight excluding hydrogens is 360 g/mol. The molecule has 1 aliphatic heterocycles. The molecule has 1 aliphatic rings. The molecule has 1 fully saturated rings. The largest absolute Gasteiger partial charge is 0.311 e. The lowest BCUT2D eigenvalue weighted by Gasteiger charge is -2.19. The highest BCUT2D eigenvalue weighted by Gasteiger charge is 2.36. The van der Waals surface area contributed by atoms with Gasteiger partial charge < -0.3 is 10.2 Å². The van der Waals surface area contributed by atoms with Crippen LogP contribution in [0.2, 0.25) is 0 Å². The molecule has 2 aromatic rings. The number of anilines is 2. The highest BCUT2D eigenvalue weighted by molar-refractivity contribution is 7.15. The third-order valence-electron chi connectivity index (χ3n) is 4.95. The molecule has 1 N–H and O–H groups in total. The number of rotatable bonds is 6. The number of aryl methyl sites for hydroxylation is 2. The van der Waals surface area contributed by atoms with Gasteiger partial charge >= 0.3 is 0 Å². The van der Waals surface area contributed by atoms with Crippen LogP contribution >= 0.6 is 11.3 Å². The van der Waals surface area contributed by atoms with E-state index in [0.717, 1.165) is 34.7 Å². The zero-order chi connectivity index (χ0) is 19.6. The van der Waals surface area contributed by atoms with Crippen molar-refractivity contribution in [2.75, 3.05) is 16.8 Å². The number of hydrogen-bond acceptors (Lipinski definition) is 5. The van der Waals surface area contributed by atoms with Crippen molar-refractivity contribution in [2.45, 2.75) is 52.9 Å². The van der Waals surface area contributed by atoms with E-state index in [9.17, 15) is 9.59 Å². The number of nitrogens with one attached hydrogen (secondary N) is 1. The van der Waals surface area contributed by atoms with Crippen molar-refractivity contribution in [1.82, 2.24) is 10.2 Å². The summed E-state index contributed by atoms with van der Waals surface area (Å²) in [7, 11) is 0. The molecule has 0 radical (unpaired) electrons. The Kier molecular flexibility index (Phi) is 5.89. The first kappa shape index (κ1) is 19.5. The molecule has 144 valence electrons. The van der Waals surface area contributed by atoms with Gasteiger partial charge in [0.15, 0.2) is 0 Å². The Bertz CT molecular complexity index is 848. The molecule has 27 heavy (non-hydrogen) atoms. The summed E-state index contributed by atoms with van der Waals surface area (Å²) >= 11 is 1.42. The molecule has 2 heterocycles. The van der Waals surface area contributed by atoms with E-state index < -0.39 is 0 Å². The number of nitrogens with zero attached hydrogens (tertiary/aromatic N) is 3. The van der Waals surface area contributed by atoms with Gasteiger partial charge in [-0.25, -0.2) is 0 Å². The molecule has 3 rings (SSSR count). The van der Waals surface area contributed by atoms with Gasteiger partial charge in [-0.1, -0.05) is 49.3 Å². The van der Waals surface area contributed by atoms with Crippen LogP contribution < -0.4 is 10.2 Å². The van der Waals surface area contributed by atoms with Crippen LogP contribution in [0.3, 0.4) is 0 Å². The molecule has 6 nitrogen and oxygen atoms in total. The van der Waals surface area contributed by atoms with Gasteiger partial charge in [-0.2, -0.15) is 0 Å². The van der Waals surface area contributed by atoms with E-state index in [-0.39, 0.29) is 24.2 Å². The quantitative estimate of drug-likeness (QED) is 0.813. The van der Waals surface area contributed by atoms with E-state index in [4.69, 9.17) is 0 Å². The van der Waals surface area contributed by atoms with E-state index in [1.165, 1.54) is 11.3 Å². The summed E-state index contributed by atoms with van der Waals surface area (Å²) in [6, 6.07) is 5.99. The van der Waals surface area contributed by atoms with Crippen molar-refractivity contribution in [3.05, 3.63) is 34.3 Å². The summed E-state index contributed by atoms with van der Waals surface area (Å²) in [5.74, 6) is -0.220. The van der Waals surface area contributed by atoms with E-state index in [2.05, 4.69) is 35.4 Å². The summed E-state index contributed by atoms with van der Waals surface area (Å²) in [6.45, 7) is 8.66. The van der Waals surface area contributed by atoms with Crippen molar-refractivity contribution < 1.29 is 9.59 Å². The average molecular weight is 387 g/mol. The van der Waals surface area contributed by atoms with Gasteiger partial charge in [0.1, 0.15) is 5.01 Å². The van der Waals surface area contributed by atoms with Crippen molar-refractivity contribution >= 4 is 34.0 Å². The third-order valence-corrected chi connectivity index (χ3v) is 6.02. The predicted octanol–water partition coefficient (Wildman–Crippen LogP) is 4.05. The second-order valence-corrected chi connectivity index (χ2v) is 8.33. The molecular formula is C20H26N4O2S. The predicted molar refractivity (Wildman–Crippen MR) is 108 cm³/mol. The smallest absolute Gasteiger partial charge is 0.231 e. The van der Waals surface area contributed by atoms with Gasteiger partial charge in [-0.05, 0) is 31.9 Å². The van der Waals surface area contributed by atoms with Crippen LogP contribution in [0.15, 0.2) is 18.2 Å². The number of carbonyl (C=O) groups excluding carboxylic acids is 2. The topological polar surface area (TPSA) is 75.2 Å². The van der Waals surface area contributed by atoms with Crippen LogP contribution in [0.25, 0.3) is 0 Å². The number of aromatic nitrogens is 2. The standard InChI is InChI=1S/C20H26N4O2S/c1-5-6-13(3)19-22-23-20(27-19)21-18(26)15-10-17(25)24(11-15)16-8-7-12(2)9-14(16)4/h7-9,13,15H,5-6,10-11H2,1-4H3,(H,21,23,26). The molecule has 0 bridgehead atoms. The fraction of sp³-hybridized carbons (Fsp3) is 0.500. The molecule has 0 spiro atoms. The number of amides is 2. The van der Waals surface area contributed by atoms with Gasteiger partial charge in [0.05, 0.1) is 5.92 Å². The second-order valence-electron chi connectivity index (χ2n) is 7.32. The third kappa shape index (κ3) is 4.35. The van der Waals surface area contributed by atoms with Crippen LogP contribution in [0.4, 0.5) is 10.8 Å².